The van der Waals surface area contributed by atoms with Gasteiger partial charge in [0.05, 0.1) is 15.6 Å². The zero-order valence-electron chi connectivity index (χ0n) is 21.2. The molecule has 4 rings (SSSR count). The molecule has 2 aliphatic rings. The molecule has 1 heterocycles. The Morgan fingerprint density at radius 1 is 1.11 bits per heavy atom. The fraction of sp³-hybridized carbons (Fsp3) is 0.444. The molecule has 38 heavy (non-hydrogen) atoms. The van der Waals surface area contributed by atoms with Gasteiger partial charge in [0.2, 0.25) is 11.8 Å². The zero-order valence-corrected chi connectivity index (χ0v) is 23.5. The summed E-state index contributed by atoms with van der Waals surface area (Å²) in [7, 11) is -3.95. The second-order valence-corrected chi connectivity index (χ2v) is 12.3. The molecule has 204 valence electrons. The SMILES string of the molecule is CC[C@@H](C(=O)NC1CCCC1)N(Cc1ccc(Cl)c(Cl)c1)C(=O)CCCN1C(=O)c2ccccc2S1(=O)=O. The summed E-state index contributed by atoms with van der Waals surface area (Å²) < 4.78 is 26.5. The minimum Gasteiger partial charge on any atom is -0.352 e. The van der Waals surface area contributed by atoms with E-state index in [-0.39, 0.29) is 54.2 Å². The number of nitrogens with zero attached hydrogens (tertiary/aromatic N) is 2. The second-order valence-electron chi connectivity index (χ2n) is 9.67. The van der Waals surface area contributed by atoms with Gasteiger partial charge in [-0.1, -0.05) is 61.2 Å². The molecule has 2 aromatic carbocycles. The van der Waals surface area contributed by atoms with E-state index >= 15 is 0 Å². The fourth-order valence-electron chi connectivity index (χ4n) is 5.09. The smallest absolute Gasteiger partial charge is 0.269 e. The number of carbonyl (C=O) groups excluding carboxylic acids is 3. The maximum atomic E-state index is 13.5. The number of hydrogen-bond donors (Lipinski definition) is 1. The summed E-state index contributed by atoms with van der Waals surface area (Å²) in [5.41, 5.74) is 0.849. The predicted octanol–water partition coefficient (Wildman–Crippen LogP) is 4.78. The van der Waals surface area contributed by atoms with E-state index in [1.807, 2.05) is 6.92 Å². The quantitative estimate of drug-likeness (QED) is 0.436. The van der Waals surface area contributed by atoms with Gasteiger partial charge in [-0.3, -0.25) is 14.4 Å². The van der Waals surface area contributed by atoms with Crippen LogP contribution in [0.3, 0.4) is 0 Å². The van der Waals surface area contributed by atoms with Crippen molar-refractivity contribution in [2.75, 3.05) is 6.54 Å². The van der Waals surface area contributed by atoms with Crippen molar-refractivity contribution in [1.29, 1.82) is 0 Å². The Hall–Kier alpha value is -2.62. The van der Waals surface area contributed by atoms with Gasteiger partial charge >= 0.3 is 0 Å². The standard InChI is InChI=1S/C27H31Cl2N3O5S/c1-2-23(26(34)30-19-8-3-4-9-19)31(17-18-13-14-21(28)22(29)16-18)25(33)12-7-15-32-27(35)20-10-5-6-11-24(20)38(32,36)37/h5-6,10-11,13-14,16,19,23H,2-4,7-9,12,15,17H2,1H3,(H,30,34)/t23-/m0/s1. The van der Waals surface area contributed by atoms with Crippen LogP contribution >= 0.6 is 23.2 Å². The van der Waals surface area contributed by atoms with Crippen molar-refractivity contribution >= 4 is 50.9 Å². The van der Waals surface area contributed by atoms with Crippen molar-refractivity contribution in [2.45, 2.75) is 75.4 Å². The lowest BCUT2D eigenvalue weighted by Crippen LogP contribution is -2.51. The maximum Gasteiger partial charge on any atom is 0.269 e. The van der Waals surface area contributed by atoms with Crippen LogP contribution in [0.5, 0.6) is 0 Å². The second kappa shape index (κ2) is 12.1. The average molecular weight is 581 g/mol. The monoisotopic (exact) mass is 579 g/mol. The molecule has 0 radical (unpaired) electrons. The highest BCUT2D eigenvalue weighted by Crippen LogP contribution is 2.30. The molecule has 1 fully saturated rings. The summed E-state index contributed by atoms with van der Waals surface area (Å²) in [6, 6.07) is 10.5. The Bertz CT molecular complexity index is 1330. The third-order valence-electron chi connectivity index (χ3n) is 7.09. The molecule has 8 nitrogen and oxygen atoms in total. The van der Waals surface area contributed by atoms with Gasteiger partial charge in [0.25, 0.3) is 15.9 Å². The first-order chi connectivity index (χ1) is 18.1. The summed E-state index contributed by atoms with van der Waals surface area (Å²) in [4.78, 5) is 40.9. The molecule has 1 saturated carbocycles. The van der Waals surface area contributed by atoms with Crippen LogP contribution in [0.25, 0.3) is 0 Å². The van der Waals surface area contributed by atoms with Crippen molar-refractivity contribution in [3.05, 3.63) is 63.6 Å². The first kappa shape index (κ1) is 28.4. The number of benzene rings is 2. The minimum atomic E-state index is -3.95. The Morgan fingerprint density at radius 2 is 1.82 bits per heavy atom. The highest BCUT2D eigenvalue weighted by atomic mass is 35.5. The van der Waals surface area contributed by atoms with Gasteiger partial charge in [-0.25, -0.2) is 12.7 Å². The molecule has 1 N–H and O–H groups in total. The Morgan fingerprint density at radius 3 is 2.47 bits per heavy atom. The zero-order chi connectivity index (χ0) is 27.4. The lowest BCUT2D eigenvalue weighted by Gasteiger charge is -2.32. The van der Waals surface area contributed by atoms with E-state index in [1.54, 1.807) is 30.3 Å². The van der Waals surface area contributed by atoms with Crippen LogP contribution in [0.4, 0.5) is 0 Å². The summed E-state index contributed by atoms with van der Waals surface area (Å²) in [5.74, 6) is -1.12. The van der Waals surface area contributed by atoms with Crippen molar-refractivity contribution in [3.63, 3.8) is 0 Å². The predicted molar refractivity (Wildman–Crippen MR) is 145 cm³/mol. The minimum absolute atomic E-state index is 0.0211. The van der Waals surface area contributed by atoms with Gasteiger partial charge in [0, 0.05) is 25.6 Å². The first-order valence-electron chi connectivity index (χ1n) is 12.8. The number of amides is 3. The van der Waals surface area contributed by atoms with Gasteiger partial charge in [-0.15, -0.1) is 0 Å². The summed E-state index contributed by atoms with van der Waals surface area (Å²) in [5, 5.41) is 3.82. The first-order valence-corrected chi connectivity index (χ1v) is 15.0. The van der Waals surface area contributed by atoms with Gasteiger partial charge in [0.15, 0.2) is 0 Å². The molecule has 0 aromatic heterocycles. The number of hydrogen-bond acceptors (Lipinski definition) is 5. The molecule has 0 bridgehead atoms. The van der Waals surface area contributed by atoms with Crippen molar-refractivity contribution in [3.8, 4) is 0 Å². The Kier molecular flexibility index (Phi) is 9.00. The highest BCUT2D eigenvalue weighted by molar-refractivity contribution is 7.90. The topological polar surface area (TPSA) is 104 Å². The van der Waals surface area contributed by atoms with E-state index in [4.69, 9.17) is 23.2 Å². The van der Waals surface area contributed by atoms with E-state index in [2.05, 4.69) is 5.32 Å². The van der Waals surface area contributed by atoms with E-state index in [0.29, 0.717) is 22.0 Å². The van der Waals surface area contributed by atoms with Gasteiger partial charge in [-0.05, 0) is 55.5 Å². The van der Waals surface area contributed by atoms with Crippen molar-refractivity contribution in [2.24, 2.45) is 0 Å². The van der Waals surface area contributed by atoms with E-state index in [9.17, 15) is 22.8 Å². The van der Waals surface area contributed by atoms with Gasteiger partial charge in [0.1, 0.15) is 10.9 Å². The van der Waals surface area contributed by atoms with Crippen LogP contribution in [0.2, 0.25) is 10.0 Å². The van der Waals surface area contributed by atoms with Gasteiger partial charge in [-0.2, -0.15) is 0 Å². The van der Waals surface area contributed by atoms with E-state index < -0.39 is 22.0 Å². The summed E-state index contributed by atoms with van der Waals surface area (Å²) in [6.45, 7) is 1.85. The van der Waals surface area contributed by atoms with Crippen molar-refractivity contribution < 1.29 is 22.8 Å². The van der Waals surface area contributed by atoms with Crippen LogP contribution < -0.4 is 5.32 Å². The number of nitrogens with one attached hydrogen (secondary N) is 1. The fourth-order valence-corrected chi connectivity index (χ4v) is 7.02. The lowest BCUT2D eigenvalue weighted by atomic mass is 10.1. The summed E-state index contributed by atoms with van der Waals surface area (Å²) >= 11 is 12.2. The molecule has 0 saturated heterocycles. The molecule has 0 spiro atoms. The number of sulfonamides is 1. The molecule has 3 amide bonds. The molecular formula is C27H31Cl2N3O5S. The molecule has 0 unspecified atom stereocenters. The molecular weight excluding hydrogens is 549 g/mol. The number of rotatable bonds is 10. The number of halogens is 2. The molecule has 2 aromatic rings. The van der Waals surface area contributed by atoms with E-state index in [1.165, 1.54) is 17.0 Å². The summed E-state index contributed by atoms with van der Waals surface area (Å²) in [6.07, 6.45) is 4.46. The average Bonchev–Trinajstić information content (AvgIpc) is 3.46. The van der Waals surface area contributed by atoms with Crippen LogP contribution in [-0.4, -0.2) is 54.0 Å². The molecule has 11 heteroatoms. The maximum absolute atomic E-state index is 13.5. The third-order valence-corrected chi connectivity index (χ3v) is 9.67. The van der Waals surface area contributed by atoms with Crippen LogP contribution in [-0.2, 0) is 26.2 Å². The van der Waals surface area contributed by atoms with Gasteiger partial charge < -0.3 is 10.2 Å². The van der Waals surface area contributed by atoms with Crippen molar-refractivity contribution in [1.82, 2.24) is 14.5 Å². The van der Waals surface area contributed by atoms with Crippen LogP contribution in [0.1, 0.15) is 67.8 Å². The number of carbonyl (C=O) groups is 3. The number of fused-ring (bicyclic) bond motifs is 1. The van der Waals surface area contributed by atoms with Crippen LogP contribution in [0, 0.1) is 0 Å². The highest BCUT2D eigenvalue weighted by Gasteiger charge is 2.40. The molecule has 1 aliphatic carbocycles. The van der Waals surface area contributed by atoms with E-state index in [0.717, 1.165) is 30.0 Å². The molecule has 1 aliphatic heterocycles. The Balaban J connectivity index is 1.48. The normalized spacial score (nSPS) is 17.3. The van der Waals surface area contributed by atoms with Crippen LogP contribution in [0.15, 0.2) is 47.4 Å². The Labute approximate surface area is 233 Å². The third kappa shape index (κ3) is 6.00. The largest absolute Gasteiger partial charge is 0.352 e. The lowest BCUT2D eigenvalue weighted by molar-refractivity contribution is -0.141. The molecule has 1 atom stereocenters.